The van der Waals surface area contributed by atoms with Crippen molar-refractivity contribution in [3.05, 3.63) is 29.8 Å². The summed E-state index contributed by atoms with van der Waals surface area (Å²) in [6, 6.07) is 8.50. The molecule has 0 aromatic heterocycles. The number of nitrogens with zero attached hydrogens (tertiary/aromatic N) is 1. The predicted octanol–water partition coefficient (Wildman–Crippen LogP) is 3.92. The van der Waals surface area contributed by atoms with Gasteiger partial charge in [-0.1, -0.05) is 53.9 Å². The summed E-state index contributed by atoms with van der Waals surface area (Å²) in [5.74, 6) is 0.209. The Morgan fingerprint density at radius 1 is 1.50 bits per heavy atom. The third-order valence-electron chi connectivity index (χ3n) is 3.52. The molecule has 1 aromatic rings. The number of carbonyl (C=O) groups is 1. The molecular weight excluding hydrogens is 290 g/mol. The molecule has 1 aromatic carbocycles. The zero-order chi connectivity index (χ0) is 13.1. The van der Waals surface area contributed by atoms with Crippen LogP contribution in [0.5, 0.6) is 0 Å². The standard InChI is InChI=1S/C15H20BrNO/c1-3-4-8-13(16)15(18)17-11(2)10-12-7-5-6-9-14(12)17/h5-7,9,11,13H,3-4,8,10H2,1-2H3. The van der Waals surface area contributed by atoms with E-state index in [-0.39, 0.29) is 16.8 Å². The lowest BCUT2D eigenvalue weighted by Crippen LogP contribution is -2.40. The first-order valence-electron chi connectivity index (χ1n) is 6.70. The summed E-state index contributed by atoms with van der Waals surface area (Å²) in [5.41, 5.74) is 2.38. The Bertz CT molecular complexity index is 432. The molecule has 98 valence electrons. The lowest BCUT2D eigenvalue weighted by molar-refractivity contribution is -0.118. The second-order valence-electron chi connectivity index (χ2n) is 5.00. The van der Waals surface area contributed by atoms with Crippen LogP contribution in [0.2, 0.25) is 0 Å². The third-order valence-corrected chi connectivity index (χ3v) is 4.37. The maximum atomic E-state index is 12.5. The molecule has 2 unspecified atom stereocenters. The molecule has 1 aliphatic heterocycles. The maximum Gasteiger partial charge on any atom is 0.241 e. The topological polar surface area (TPSA) is 20.3 Å². The Morgan fingerprint density at radius 3 is 2.94 bits per heavy atom. The van der Waals surface area contributed by atoms with E-state index < -0.39 is 0 Å². The maximum absolute atomic E-state index is 12.5. The minimum Gasteiger partial charge on any atom is -0.308 e. The molecule has 1 aliphatic rings. The average Bonchev–Trinajstić information content (AvgIpc) is 2.70. The van der Waals surface area contributed by atoms with Gasteiger partial charge in [0.05, 0.1) is 4.83 Å². The summed E-state index contributed by atoms with van der Waals surface area (Å²) < 4.78 is 0. The fourth-order valence-corrected chi connectivity index (χ4v) is 3.10. The van der Waals surface area contributed by atoms with Crippen molar-refractivity contribution in [3.63, 3.8) is 0 Å². The first-order chi connectivity index (χ1) is 8.65. The number of alkyl halides is 1. The molecule has 0 bridgehead atoms. The predicted molar refractivity (Wildman–Crippen MR) is 79.3 cm³/mol. The number of hydrogen-bond donors (Lipinski definition) is 0. The Kier molecular flexibility index (Phi) is 4.44. The van der Waals surface area contributed by atoms with E-state index >= 15 is 0 Å². The van der Waals surface area contributed by atoms with Crippen LogP contribution in [-0.2, 0) is 11.2 Å². The minimum absolute atomic E-state index is 0.0499. The molecule has 1 amide bonds. The molecule has 0 saturated carbocycles. The van der Waals surface area contributed by atoms with Gasteiger partial charge in [-0.25, -0.2) is 0 Å². The van der Waals surface area contributed by atoms with Gasteiger partial charge in [-0.2, -0.15) is 0 Å². The fourth-order valence-electron chi connectivity index (χ4n) is 2.56. The third kappa shape index (κ3) is 2.61. The molecule has 0 saturated heterocycles. The van der Waals surface area contributed by atoms with Crippen molar-refractivity contribution in [1.82, 2.24) is 0 Å². The molecule has 2 nitrogen and oxygen atoms in total. The molecule has 18 heavy (non-hydrogen) atoms. The van der Waals surface area contributed by atoms with Gasteiger partial charge in [0.25, 0.3) is 0 Å². The van der Waals surface area contributed by atoms with E-state index in [9.17, 15) is 4.79 Å². The molecule has 0 radical (unpaired) electrons. The van der Waals surface area contributed by atoms with E-state index in [1.54, 1.807) is 0 Å². The van der Waals surface area contributed by atoms with Crippen LogP contribution in [0.1, 0.15) is 38.7 Å². The summed E-state index contributed by atoms with van der Waals surface area (Å²) in [4.78, 5) is 14.4. The van der Waals surface area contributed by atoms with E-state index in [0.717, 1.165) is 31.4 Å². The monoisotopic (exact) mass is 309 g/mol. The molecule has 1 heterocycles. The number of fused-ring (bicyclic) bond motifs is 1. The number of para-hydroxylation sites is 1. The molecule has 0 aliphatic carbocycles. The number of carbonyl (C=O) groups excluding carboxylic acids is 1. The summed E-state index contributed by atoms with van der Waals surface area (Å²) in [6.45, 7) is 4.27. The van der Waals surface area contributed by atoms with Crippen molar-refractivity contribution in [2.75, 3.05) is 4.90 Å². The van der Waals surface area contributed by atoms with E-state index in [1.165, 1.54) is 5.56 Å². The SMILES string of the molecule is CCCCC(Br)C(=O)N1c2ccccc2CC1C. The Morgan fingerprint density at radius 2 is 2.22 bits per heavy atom. The second-order valence-corrected chi connectivity index (χ2v) is 6.11. The van der Waals surface area contributed by atoms with E-state index in [2.05, 4.69) is 41.9 Å². The van der Waals surface area contributed by atoms with Gasteiger partial charge in [-0.15, -0.1) is 0 Å². The molecule has 2 atom stereocenters. The first kappa shape index (κ1) is 13.6. The van der Waals surface area contributed by atoms with Crippen molar-refractivity contribution >= 4 is 27.5 Å². The molecule has 0 fully saturated rings. The molecule has 0 spiro atoms. The number of halogens is 1. The molecule has 3 heteroatoms. The Balaban J connectivity index is 2.15. The highest BCUT2D eigenvalue weighted by atomic mass is 79.9. The summed E-state index contributed by atoms with van der Waals surface area (Å²) in [7, 11) is 0. The van der Waals surface area contributed by atoms with Crippen LogP contribution in [0.25, 0.3) is 0 Å². The van der Waals surface area contributed by atoms with Crippen molar-refractivity contribution in [1.29, 1.82) is 0 Å². The second kappa shape index (κ2) is 5.87. The highest BCUT2D eigenvalue weighted by Crippen LogP contribution is 2.33. The molecule has 0 N–H and O–H groups in total. The van der Waals surface area contributed by atoms with Gasteiger partial charge < -0.3 is 4.90 Å². The van der Waals surface area contributed by atoms with Crippen molar-refractivity contribution in [2.24, 2.45) is 0 Å². The number of hydrogen-bond acceptors (Lipinski definition) is 1. The quantitative estimate of drug-likeness (QED) is 0.772. The zero-order valence-corrected chi connectivity index (χ0v) is 12.6. The highest BCUT2D eigenvalue weighted by molar-refractivity contribution is 9.10. The van der Waals surface area contributed by atoms with Gasteiger partial charge in [0, 0.05) is 11.7 Å². The van der Waals surface area contributed by atoms with Crippen molar-refractivity contribution < 1.29 is 4.79 Å². The Labute approximate surface area is 117 Å². The normalized spacial score (nSPS) is 19.7. The van der Waals surface area contributed by atoms with Crippen molar-refractivity contribution in [3.8, 4) is 0 Å². The number of unbranched alkanes of at least 4 members (excludes halogenated alkanes) is 1. The largest absolute Gasteiger partial charge is 0.308 e. The zero-order valence-electron chi connectivity index (χ0n) is 11.0. The smallest absolute Gasteiger partial charge is 0.241 e. The number of benzene rings is 1. The van der Waals surface area contributed by atoms with Crippen LogP contribution in [0, 0.1) is 0 Å². The lowest BCUT2D eigenvalue weighted by atomic mass is 10.1. The highest BCUT2D eigenvalue weighted by Gasteiger charge is 2.33. The van der Waals surface area contributed by atoms with Gasteiger partial charge in [-0.3, -0.25) is 4.79 Å². The van der Waals surface area contributed by atoms with Gasteiger partial charge in [0.1, 0.15) is 0 Å². The van der Waals surface area contributed by atoms with E-state index in [0.29, 0.717) is 0 Å². The van der Waals surface area contributed by atoms with Crippen LogP contribution in [-0.4, -0.2) is 16.8 Å². The number of anilines is 1. The van der Waals surface area contributed by atoms with Crippen LogP contribution in [0.4, 0.5) is 5.69 Å². The summed E-state index contributed by atoms with van der Waals surface area (Å²) >= 11 is 3.54. The van der Waals surface area contributed by atoms with E-state index in [4.69, 9.17) is 0 Å². The first-order valence-corrected chi connectivity index (χ1v) is 7.61. The van der Waals surface area contributed by atoms with Crippen LogP contribution in [0.3, 0.4) is 0 Å². The molecule has 2 rings (SSSR count). The van der Waals surface area contributed by atoms with Crippen LogP contribution < -0.4 is 4.90 Å². The van der Waals surface area contributed by atoms with Gasteiger partial charge >= 0.3 is 0 Å². The number of rotatable bonds is 4. The Hall–Kier alpha value is -0.830. The minimum atomic E-state index is -0.0499. The van der Waals surface area contributed by atoms with Crippen molar-refractivity contribution in [2.45, 2.75) is 50.4 Å². The summed E-state index contributed by atoms with van der Waals surface area (Å²) in [6.07, 6.45) is 4.10. The van der Waals surface area contributed by atoms with Gasteiger partial charge in [0.2, 0.25) is 5.91 Å². The fraction of sp³-hybridized carbons (Fsp3) is 0.533. The average molecular weight is 310 g/mol. The number of amides is 1. The van der Waals surface area contributed by atoms with Crippen LogP contribution >= 0.6 is 15.9 Å². The van der Waals surface area contributed by atoms with E-state index in [1.807, 2.05) is 17.0 Å². The summed E-state index contributed by atoms with van der Waals surface area (Å²) in [5, 5.41) is 0. The lowest BCUT2D eigenvalue weighted by Gasteiger charge is -2.25. The van der Waals surface area contributed by atoms with Crippen LogP contribution in [0.15, 0.2) is 24.3 Å². The van der Waals surface area contributed by atoms with Gasteiger partial charge in [0.15, 0.2) is 0 Å². The molecular formula is C15H20BrNO. The van der Waals surface area contributed by atoms with Gasteiger partial charge in [-0.05, 0) is 31.4 Å².